The molecule has 32 heavy (non-hydrogen) atoms. The van der Waals surface area contributed by atoms with Crippen LogP contribution in [0.3, 0.4) is 0 Å². The van der Waals surface area contributed by atoms with Gasteiger partial charge in [0.05, 0.1) is 0 Å². The summed E-state index contributed by atoms with van der Waals surface area (Å²) in [6.45, 7) is 14.4. The fraction of sp³-hybridized carbons (Fsp3) is 1.00. The summed E-state index contributed by atoms with van der Waals surface area (Å²) in [5, 5.41) is 48.4. The maximum Gasteiger partial charge on any atom is 1.00 e. The summed E-state index contributed by atoms with van der Waals surface area (Å²) < 4.78 is 0. The molecular formula is C24H63NaO6Ti+4. The van der Waals surface area contributed by atoms with Crippen LogP contribution in [0.4, 0.5) is 0 Å². The molecule has 0 aliphatic heterocycles. The van der Waals surface area contributed by atoms with E-state index < -0.39 is 0 Å². The van der Waals surface area contributed by atoms with E-state index in [4.69, 9.17) is 30.6 Å². The van der Waals surface area contributed by atoms with Gasteiger partial charge in [-0.05, 0) is 38.5 Å². The molecule has 8 heteroatoms. The Kier molecular flexibility index (Phi) is 144. The van der Waals surface area contributed by atoms with Gasteiger partial charge in [-0.25, -0.2) is 0 Å². The Hall–Kier alpha value is 1.47. The molecule has 0 saturated carbocycles. The first-order chi connectivity index (χ1) is 14.5. The monoisotopic (exact) mass is 518 g/mol. The second-order valence-corrected chi connectivity index (χ2v) is 6.46. The van der Waals surface area contributed by atoms with Crippen LogP contribution in [-0.4, -0.2) is 70.3 Å². The zero-order valence-electron chi connectivity index (χ0n) is 25.9. The van der Waals surface area contributed by atoms with E-state index in [9.17, 15) is 0 Å². The smallest absolute Gasteiger partial charge is 0.396 e. The normalized spacial score (nSPS) is 7.88. The maximum atomic E-state index is 8.07. The van der Waals surface area contributed by atoms with Crippen LogP contribution in [0.5, 0.6) is 0 Å². The summed E-state index contributed by atoms with van der Waals surface area (Å²) in [6.07, 6.45) is 12.2. The molecule has 0 aliphatic carbocycles. The van der Waals surface area contributed by atoms with Gasteiger partial charge in [0, 0.05) is 61.4 Å². The molecule has 0 atom stereocenters. The Morgan fingerprint density at radius 2 is 0.438 bits per heavy atom. The van der Waals surface area contributed by atoms with Gasteiger partial charge in [-0.15, -0.1) is 0 Å². The molecule has 0 bridgehead atoms. The van der Waals surface area contributed by atoms with Crippen LogP contribution in [0.25, 0.3) is 0 Å². The summed E-state index contributed by atoms with van der Waals surface area (Å²) in [6, 6.07) is 0. The van der Waals surface area contributed by atoms with Crippen molar-refractivity contribution in [3.05, 3.63) is 0 Å². The van der Waals surface area contributed by atoms with E-state index in [0.29, 0.717) is 39.6 Å². The molecule has 0 fully saturated rings. The molecule has 6 N–H and O–H groups in total. The topological polar surface area (TPSA) is 121 Å². The van der Waals surface area contributed by atoms with Crippen LogP contribution < -0.4 is 29.6 Å². The van der Waals surface area contributed by atoms with Crippen LogP contribution >= 0.6 is 0 Å². The standard InChI is InChI=1S/6C4H10O.Na.Ti/c6*1-2-3-4-5;;/h6*5H,2-4H2,1H3;;/q;;;;;;+1;/p+3. The first-order valence-electron chi connectivity index (χ1n) is 12.1. The van der Waals surface area contributed by atoms with E-state index in [1.807, 2.05) is 0 Å². The third kappa shape index (κ3) is 161. The van der Waals surface area contributed by atoms with Crippen molar-refractivity contribution in [3.63, 3.8) is 0 Å². The van der Waals surface area contributed by atoms with E-state index in [0.717, 1.165) is 77.0 Å². The van der Waals surface area contributed by atoms with Crippen LogP contribution in [0, 0.1) is 0 Å². The molecular weight excluding hydrogens is 455 g/mol. The minimum absolute atomic E-state index is 0. The molecule has 0 aromatic rings. The summed E-state index contributed by atoms with van der Waals surface area (Å²) in [5.41, 5.74) is 0. The van der Waals surface area contributed by atoms with Gasteiger partial charge >= 0.3 is 33.8 Å². The van der Waals surface area contributed by atoms with Gasteiger partial charge in [0.2, 0.25) is 0 Å². The largest absolute Gasteiger partial charge is 1.00 e. The van der Waals surface area contributed by atoms with Gasteiger partial charge in [-0.2, -0.15) is 0 Å². The average Bonchev–Trinajstić information content (AvgIpc) is 2.74. The van der Waals surface area contributed by atoms with E-state index in [1.165, 1.54) is 0 Å². The van der Waals surface area contributed by atoms with Gasteiger partial charge < -0.3 is 30.6 Å². The Labute approximate surface area is 243 Å². The van der Waals surface area contributed by atoms with Crippen molar-refractivity contribution in [3.8, 4) is 0 Å². The predicted octanol–water partition coefficient (Wildman–Crippen LogP) is 2.01. The van der Waals surface area contributed by atoms with Gasteiger partial charge in [0.15, 0.2) is 0 Å². The number of aliphatic hydroxyl groups excluding tert-OH is 6. The van der Waals surface area contributed by atoms with Gasteiger partial charge in [-0.1, -0.05) is 80.1 Å². The maximum absolute atomic E-state index is 8.07. The predicted molar refractivity (Wildman–Crippen MR) is 135 cm³/mol. The van der Waals surface area contributed by atoms with E-state index in [2.05, 4.69) is 41.5 Å². The third-order valence-corrected chi connectivity index (χ3v) is 3.07. The van der Waals surface area contributed by atoms with Crippen molar-refractivity contribution in [2.24, 2.45) is 0 Å². The Bertz CT molecular complexity index is 141. The zero-order chi connectivity index (χ0) is 24.7. The number of hydrogen-bond acceptors (Lipinski definition) is 6. The zero-order valence-corrected chi connectivity index (χ0v) is 26.5. The number of aliphatic hydroxyl groups is 6. The average molecular weight is 519 g/mol. The summed E-state index contributed by atoms with van der Waals surface area (Å²) in [7, 11) is 0. The Morgan fingerprint density at radius 1 is 0.344 bits per heavy atom. The van der Waals surface area contributed by atoms with Crippen molar-refractivity contribution in [1.29, 1.82) is 0 Å². The third-order valence-electron chi connectivity index (χ3n) is 3.07. The Morgan fingerprint density at radius 3 is 0.438 bits per heavy atom. The molecule has 0 saturated heterocycles. The minimum atomic E-state index is 0. The SMILES string of the molecule is CCCCO.CCCCO.CCCCO.CCCCO.CCCCO.CCCCO.[H+].[H+].[H+].[Na+].[Ti]. The van der Waals surface area contributed by atoms with Crippen molar-refractivity contribution in [2.45, 2.75) is 119 Å². The molecule has 196 valence electrons. The van der Waals surface area contributed by atoms with Crippen molar-refractivity contribution >= 4 is 0 Å². The fourth-order valence-electron chi connectivity index (χ4n) is 0.949. The number of unbranched alkanes of at least 4 members (excludes halogenated alkanes) is 6. The molecule has 0 rings (SSSR count). The van der Waals surface area contributed by atoms with Crippen LogP contribution in [-0.2, 0) is 21.7 Å². The molecule has 0 aromatic carbocycles. The first-order valence-corrected chi connectivity index (χ1v) is 12.1. The van der Waals surface area contributed by atoms with Crippen LogP contribution in [0.2, 0.25) is 0 Å². The Balaban J connectivity index is -0.0000000213. The van der Waals surface area contributed by atoms with Crippen LogP contribution in [0.15, 0.2) is 0 Å². The molecule has 0 heterocycles. The summed E-state index contributed by atoms with van der Waals surface area (Å²) in [4.78, 5) is 0. The number of hydrogen-bond donors (Lipinski definition) is 6. The van der Waals surface area contributed by atoms with Gasteiger partial charge in [-0.3, -0.25) is 0 Å². The van der Waals surface area contributed by atoms with Gasteiger partial charge in [0.1, 0.15) is 0 Å². The summed E-state index contributed by atoms with van der Waals surface area (Å²) in [5.74, 6) is 0. The van der Waals surface area contributed by atoms with Crippen molar-refractivity contribution < 1.29 is 86.2 Å². The fourth-order valence-corrected chi connectivity index (χ4v) is 0.949. The molecule has 0 spiro atoms. The number of rotatable bonds is 12. The molecule has 0 amide bonds. The molecule has 6 nitrogen and oxygen atoms in total. The second-order valence-electron chi connectivity index (χ2n) is 6.46. The molecule has 0 aliphatic rings. The second kappa shape index (κ2) is 84.8. The van der Waals surface area contributed by atoms with E-state index in [-0.39, 0.29) is 55.6 Å². The quantitative estimate of drug-likeness (QED) is 0.220. The minimum Gasteiger partial charge on any atom is -0.396 e. The van der Waals surface area contributed by atoms with Crippen LogP contribution in [0.1, 0.15) is 123 Å². The molecule has 0 radical (unpaired) electrons. The van der Waals surface area contributed by atoms with Crippen molar-refractivity contribution in [1.82, 2.24) is 0 Å². The summed E-state index contributed by atoms with van der Waals surface area (Å²) >= 11 is 0. The van der Waals surface area contributed by atoms with Crippen molar-refractivity contribution in [2.75, 3.05) is 39.6 Å². The van der Waals surface area contributed by atoms with E-state index in [1.54, 1.807) is 0 Å². The van der Waals surface area contributed by atoms with E-state index >= 15 is 0 Å². The molecule has 0 unspecified atom stereocenters. The molecule has 0 aromatic heterocycles. The first kappa shape index (κ1) is 54.4. The van der Waals surface area contributed by atoms with Gasteiger partial charge in [0.25, 0.3) is 0 Å².